The maximum absolute atomic E-state index is 12.6. The van der Waals surface area contributed by atoms with Crippen LogP contribution in [0.5, 0.6) is 0 Å². The lowest BCUT2D eigenvalue weighted by atomic mass is 9.96. The zero-order valence-corrected chi connectivity index (χ0v) is 18.2. The van der Waals surface area contributed by atoms with E-state index in [0.29, 0.717) is 37.2 Å². The van der Waals surface area contributed by atoms with Crippen molar-refractivity contribution in [2.75, 3.05) is 13.2 Å². The van der Waals surface area contributed by atoms with Crippen LogP contribution in [-0.2, 0) is 19.1 Å². The van der Waals surface area contributed by atoms with E-state index in [2.05, 4.69) is 13.8 Å². The summed E-state index contributed by atoms with van der Waals surface area (Å²) in [5.41, 5.74) is 1.10. The van der Waals surface area contributed by atoms with Gasteiger partial charge in [0.25, 0.3) is 0 Å². The molecule has 158 valence electrons. The maximum atomic E-state index is 12.6. The van der Waals surface area contributed by atoms with Crippen molar-refractivity contribution in [3.05, 3.63) is 11.1 Å². The molecule has 0 radical (unpaired) electrons. The van der Waals surface area contributed by atoms with Gasteiger partial charge in [-0.15, -0.1) is 0 Å². The first-order chi connectivity index (χ1) is 13.1. The van der Waals surface area contributed by atoms with E-state index in [9.17, 15) is 9.59 Å². The molecule has 0 atom stereocenters. The van der Waals surface area contributed by atoms with Crippen LogP contribution in [0.2, 0.25) is 0 Å². The third-order valence-corrected chi connectivity index (χ3v) is 4.54. The van der Waals surface area contributed by atoms with Crippen molar-refractivity contribution in [2.24, 2.45) is 0 Å². The van der Waals surface area contributed by atoms with Crippen LogP contribution in [0.3, 0.4) is 0 Å². The van der Waals surface area contributed by atoms with Gasteiger partial charge in [-0.2, -0.15) is 0 Å². The van der Waals surface area contributed by atoms with Gasteiger partial charge >= 0.3 is 11.9 Å². The summed E-state index contributed by atoms with van der Waals surface area (Å²) < 4.78 is 10.8. The van der Waals surface area contributed by atoms with E-state index in [4.69, 9.17) is 9.47 Å². The van der Waals surface area contributed by atoms with Crippen LogP contribution >= 0.6 is 0 Å². The topological polar surface area (TPSA) is 52.6 Å². The van der Waals surface area contributed by atoms with Crippen LogP contribution in [0.4, 0.5) is 0 Å². The molecule has 0 N–H and O–H groups in total. The van der Waals surface area contributed by atoms with Gasteiger partial charge in [-0.3, -0.25) is 0 Å². The second-order valence-electron chi connectivity index (χ2n) is 7.20. The Labute approximate surface area is 167 Å². The molecule has 0 saturated carbocycles. The van der Waals surface area contributed by atoms with E-state index in [0.717, 1.165) is 44.9 Å². The summed E-state index contributed by atoms with van der Waals surface area (Å²) in [6.07, 6.45) is 12.7. The molecule has 0 unspecified atom stereocenters. The Balaban J connectivity index is 5.20. The Morgan fingerprint density at radius 1 is 0.519 bits per heavy atom. The highest BCUT2D eigenvalue weighted by Gasteiger charge is 2.22. The molecule has 0 spiro atoms. The van der Waals surface area contributed by atoms with Gasteiger partial charge in [0, 0.05) is 11.1 Å². The summed E-state index contributed by atoms with van der Waals surface area (Å²) >= 11 is 0. The first-order valence-corrected chi connectivity index (χ1v) is 11.2. The molecule has 4 heteroatoms. The SMILES string of the molecule is CCCCCCCCC(C(=O)OCCC)=C(CCCCC)C(=O)OCCC. The van der Waals surface area contributed by atoms with Crippen LogP contribution in [-0.4, -0.2) is 25.2 Å². The van der Waals surface area contributed by atoms with E-state index >= 15 is 0 Å². The predicted molar refractivity (Wildman–Crippen MR) is 112 cm³/mol. The minimum absolute atomic E-state index is 0.328. The van der Waals surface area contributed by atoms with Gasteiger partial charge in [0.05, 0.1) is 13.2 Å². The van der Waals surface area contributed by atoms with E-state index < -0.39 is 0 Å². The van der Waals surface area contributed by atoms with Crippen LogP contribution in [0.25, 0.3) is 0 Å². The average Bonchev–Trinajstić information content (AvgIpc) is 2.67. The van der Waals surface area contributed by atoms with Crippen LogP contribution in [0, 0.1) is 0 Å². The van der Waals surface area contributed by atoms with Crippen molar-refractivity contribution in [3.8, 4) is 0 Å². The minimum Gasteiger partial charge on any atom is -0.462 e. The lowest BCUT2D eigenvalue weighted by molar-refractivity contribution is -0.142. The standard InChI is InChI=1S/C23H42O4/c1-5-9-11-12-13-15-17-21(23(25)27-19-8-4)20(16-14-10-6-2)22(24)26-18-7-3/h5-19H2,1-4H3. The van der Waals surface area contributed by atoms with Gasteiger partial charge in [0.1, 0.15) is 0 Å². The van der Waals surface area contributed by atoms with Gasteiger partial charge in [0.15, 0.2) is 0 Å². The molecule has 4 nitrogen and oxygen atoms in total. The number of esters is 2. The molecule has 27 heavy (non-hydrogen) atoms. The fraction of sp³-hybridized carbons (Fsp3) is 0.826. The summed E-state index contributed by atoms with van der Waals surface area (Å²) in [4.78, 5) is 25.2. The zero-order valence-electron chi connectivity index (χ0n) is 18.2. The second kappa shape index (κ2) is 18.1. The molecule has 0 aliphatic rings. The number of carbonyl (C=O) groups is 2. The Morgan fingerprint density at radius 2 is 0.889 bits per heavy atom. The highest BCUT2D eigenvalue weighted by Crippen LogP contribution is 2.22. The molecule has 0 heterocycles. The second-order valence-corrected chi connectivity index (χ2v) is 7.20. The van der Waals surface area contributed by atoms with Crippen molar-refractivity contribution in [3.63, 3.8) is 0 Å². The number of unbranched alkanes of at least 4 members (excludes halogenated alkanes) is 7. The summed E-state index contributed by atoms with van der Waals surface area (Å²) in [6, 6.07) is 0. The van der Waals surface area contributed by atoms with Gasteiger partial charge in [-0.05, 0) is 38.5 Å². The van der Waals surface area contributed by atoms with Gasteiger partial charge in [-0.25, -0.2) is 9.59 Å². The van der Waals surface area contributed by atoms with Crippen LogP contribution < -0.4 is 0 Å². The molecular formula is C23H42O4. The number of hydrogen-bond donors (Lipinski definition) is 0. The first kappa shape index (κ1) is 25.7. The van der Waals surface area contributed by atoms with Crippen molar-refractivity contribution in [1.82, 2.24) is 0 Å². The van der Waals surface area contributed by atoms with E-state index in [1.165, 1.54) is 25.7 Å². The predicted octanol–water partition coefficient (Wildman–Crippen LogP) is 6.52. The largest absolute Gasteiger partial charge is 0.462 e. The smallest absolute Gasteiger partial charge is 0.334 e. The third-order valence-electron chi connectivity index (χ3n) is 4.54. The molecule has 0 rings (SSSR count). The Morgan fingerprint density at radius 3 is 1.33 bits per heavy atom. The number of carbonyl (C=O) groups excluding carboxylic acids is 2. The monoisotopic (exact) mass is 382 g/mol. The molecular weight excluding hydrogens is 340 g/mol. The molecule has 0 aliphatic carbocycles. The van der Waals surface area contributed by atoms with Crippen LogP contribution in [0.1, 0.15) is 111 Å². The summed E-state index contributed by atoms with van der Waals surface area (Å²) in [5.74, 6) is -0.660. The number of ether oxygens (including phenoxy) is 2. The highest BCUT2D eigenvalue weighted by molar-refractivity contribution is 6.00. The average molecular weight is 383 g/mol. The molecule has 0 saturated heterocycles. The van der Waals surface area contributed by atoms with E-state index in [1.807, 2.05) is 13.8 Å². The Bertz CT molecular complexity index is 426. The molecule has 0 amide bonds. The lowest BCUT2D eigenvalue weighted by Gasteiger charge is -2.15. The number of rotatable bonds is 17. The minimum atomic E-state index is -0.331. The third kappa shape index (κ3) is 12.6. The van der Waals surface area contributed by atoms with Crippen molar-refractivity contribution < 1.29 is 19.1 Å². The molecule has 0 aromatic heterocycles. The van der Waals surface area contributed by atoms with Crippen LogP contribution in [0.15, 0.2) is 11.1 Å². The quantitative estimate of drug-likeness (QED) is 0.163. The van der Waals surface area contributed by atoms with Gasteiger partial charge in [0.2, 0.25) is 0 Å². The summed E-state index contributed by atoms with van der Waals surface area (Å²) in [5, 5.41) is 0. The molecule has 0 bridgehead atoms. The van der Waals surface area contributed by atoms with E-state index in [-0.39, 0.29) is 11.9 Å². The molecule has 0 fully saturated rings. The fourth-order valence-electron chi connectivity index (χ4n) is 2.95. The van der Waals surface area contributed by atoms with Crippen molar-refractivity contribution in [2.45, 2.75) is 111 Å². The lowest BCUT2D eigenvalue weighted by Crippen LogP contribution is -2.18. The normalized spacial score (nSPS) is 11.9. The Hall–Kier alpha value is -1.32. The Kier molecular flexibility index (Phi) is 17.2. The number of hydrogen-bond acceptors (Lipinski definition) is 4. The zero-order chi connectivity index (χ0) is 20.3. The summed E-state index contributed by atoms with van der Waals surface area (Å²) in [6.45, 7) is 9.07. The molecule has 0 aromatic carbocycles. The fourth-order valence-corrected chi connectivity index (χ4v) is 2.95. The first-order valence-electron chi connectivity index (χ1n) is 11.2. The highest BCUT2D eigenvalue weighted by atomic mass is 16.5. The van der Waals surface area contributed by atoms with E-state index in [1.54, 1.807) is 0 Å². The summed E-state index contributed by atoms with van der Waals surface area (Å²) in [7, 11) is 0. The maximum Gasteiger partial charge on any atom is 0.334 e. The molecule has 0 aromatic rings. The van der Waals surface area contributed by atoms with Crippen molar-refractivity contribution in [1.29, 1.82) is 0 Å². The van der Waals surface area contributed by atoms with Crippen molar-refractivity contribution >= 4 is 11.9 Å². The molecule has 0 aliphatic heterocycles. The van der Waals surface area contributed by atoms with Gasteiger partial charge < -0.3 is 9.47 Å². The van der Waals surface area contributed by atoms with Gasteiger partial charge in [-0.1, -0.05) is 72.6 Å².